The van der Waals surface area contributed by atoms with E-state index in [4.69, 9.17) is 0 Å². The minimum Gasteiger partial charge on any atom is -0.0588 e. The third-order valence-corrected chi connectivity index (χ3v) is 3.00. The van der Waals surface area contributed by atoms with Crippen molar-refractivity contribution in [2.24, 2.45) is 0 Å². The van der Waals surface area contributed by atoms with Gasteiger partial charge in [0, 0.05) is 1.43 Å². The quantitative estimate of drug-likeness (QED) is 0.548. The van der Waals surface area contributed by atoms with Crippen molar-refractivity contribution in [1.82, 2.24) is 0 Å². The van der Waals surface area contributed by atoms with Crippen LogP contribution in [0.15, 0.2) is 12.1 Å². The molecule has 0 fully saturated rings. The molecule has 0 saturated carbocycles. The lowest BCUT2D eigenvalue weighted by Gasteiger charge is -2.19. The average molecular weight is 162 g/mol. The zero-order valence-electron chi connectivity index (χ0n) is 7.98. The van der Waals surface area contributed by atoms with Crippen LogP contribution < -0.4 is 0 Å². The summed E-state index contributed by atoms with van der Waals surface area (Å²) in [5.74, 6) is 0. The van der Waals surface area contributed by atoms with Gasteiger partial charge in [0.1, 0.15) is 0 Å². The highest BCUT2D eigenvalue weighted by Gasteiger charge is 2.12. The Morgan fingerprint density at radius 3 is 1.75 bits per heavy atom. The lowest BCUT2D eigenvalue weighted by Crippen LogP contribution is -2.06. The molecule has 0 heteroatoms. The predicted molar refractivity (Wildman–Crippen MR) is 54.7 cm³/mol. The van der Waals surface area contributed by atoms with E-state index in [0.717, 1.165) is 0 Å². The zero-order valence-corrected chi connectivity index (χ0v) is 7.98. The summed E-state index contributed by atoms with van der Waals surface area (Å²) in [5, 5.41) is 0. The molecule has 0 radical (unpaired) electrons. The van der Waals surface area contributed by atoms with Crippen molar-refractivity contribution in [3.05, 3.63) is 34.4 Å². The van der Waals surface area contributed by atoms with Crippen molar-refractivity contribution in [2.75, 3.05) is 0 Å². The Morgan fingerprint density at radius 2 is 1.33 bits per heavy atom. The average Bonchev–Trinajstić information content (AvgIpc) is 2.12. The van der Waals surface area contributed by atoms with E-state index in [2.05, 4.69) is 26.0 Å². The van der Waals surface area contributed by atoms with Crippen LogP contribution in [-0.2, 0) is 12.8 Å². The molecule has 0 aliphatic heterocycles. The highest BCUT2D eigenvalue weighted by atomic mass is 14.2. The fraction of sp³-hybridized carbons (Fsp3) is 0.500. The number of rotatable bonds is 0. The summed E-state index contributed by atoms with van der Waals surface area (Å²) in [7, 11) is 0. The smallest absolute Gasteiger partial charge is 0 e. The Bertz CT molecular complexity index is 271. The summed E-state index contributed by atoms with van der Waals surface area (Å²) in [6, 6.07) is 4.53. The second-order valence-electron chi connectivity index (χ2n) is 3.86. The Morgan fingerprint density at radius 1 is 0.917 bits per heavy atom. The maximum atomic E-state index is 2.26. The molecule has 0 atom stereocenters. The summed E-state index contributed by atoms with van der Waals surface area (Å²) in [6.45, 7) is 4.48. The van der Waals surface area contributed by atoms with Crippen molar-refractivity contribution in [2.45, 2.75) is 39.5 Å². The Labute approximate surface area is 76.1 Å². The zero-order chi connectivity index (χ0) is 8.55. The summed E-state index contributed by atoms with van der Waals surface area (Å²) in [4.78, 5) is 0. The first-order valence-electron chi connectivity index (χ1n) is 4.87. The van der Waals surface area contributed by atoms with Gasteiger partial charge in [0.25, 0.3) is 0 Å². The van der Waals surface area contributed by atoms with Gasteiger partial charge in [-0.25, -0.2) is 0 Å². The summed E-state index contributed by atoms with van der Waals surface area (Å²) < 4.78 is 0. The normalized spacial score (nSPS) is 15.8. The van der Waals surface area contributed by atoms with E-state index in [-0.39, 0.29) is 1.43 Å². The molecular weight excluding hydrogens is 144 g/mol. The molecule has 12 heavy (non-hydrogen) atoms. The molecule has 0 N–H and O–H groups in total. The first-order chi connectivity index (χ1) is 5.79. The van der Waals surface area contributed by atoms with E-state index in [1.54, 1.807) is 11.1 Å². The standard InChI is InChI=1S/C12H16.H2/c1-9-7-8-10(2)12-6-4-3-5-11(9)12;/h7-8H,3-6H2,1-2H3;1H. The molecule has 0 unspecified atom stereocenters. The first-order valence-corrected chi connectivity index (χ1v) is 4.87. The topological polar surface area (TPSA) is 0 Å². The van der Waals surface area contributed by atoms with Gasteiger partial charge >= 0.3 is 0 Å². The third-order valence-electron chi connectivity index (χ3n) is 3.00. The number of hydrogen-bond donors (Lipinski definition) is 0. The number of fused-ring (bicyclic) bond motifs is 1. The van der Waals surface area contributed by atoms with Crippen LogP contribution in [0, 0.1) is 13.8 Å². The molecule has 0 spiro atoms. The van der Waals surface area contributed by atoms with E-state index in [1.807, 2.05) is 0 Å². The molecule has 0 heterocycles. The third kappa shape index (κ3) is 1.16. The van der Waals surface area contributed by atoms with Crippen molar-refractivity contribution >= 4 is 0 Å². The monoisotopic (exact) mass is 162 g/mol. The van der Waals surface area contributed by atoms with Gasteiger partial charge in [0.15, 0.2) is 0 Å². The molecule has 2 rings (SSSR count). The van der Waals surface area contributed by atoms with Crippen LogP contribution in [0.1, 0.15) is 36.5 Å². The van der Waals surface area contributed by atoms with Crippen LogP contribution in [0.5, 0.6) is 0 Å². The van der Waals surface area contributed by atoms with Crippen LogP contribution in [0.4, 0.5) is 0 Å². The van der Waals surface area contributed by atoms with E-state index in [9.17, 15) is 0 Å². The maximum Gasteiger partial charge on any atom is 0 e. The van der Waals surface area contributed by atoms with E-state index in [0.29, 0.717) is 0 Å². The molecule has 1 aliphatic carbocycles. The van der Waals surface area contributed by atoms with E-state index < -0.39 is 0 Å². The minimum absolute atomic E-state index is 0. The highest BCUT2D eigenvalue weighted by Crippen LogP contribution is 2.26. The van der Waals surface area contributed by atoms with Crippen LogP contribution in [0.2, 0.25) is 0 Å². The van der Waals surface area contributed by atoms with Gasteiger partial charge in [0.05, 0.1) is 0 Å². The Balaban J connectivity index is 0.000000845. The SMILES string of the molecule is Cc1ccc(C)c2c1CCCC2.[HH]. The Hall–Kier alpha value is -0.780. The molecule has 66 valence electrons. The van der Waals surface area contributed by atoms with Crippen molar-refractivity contribution in [3.63, 3.8) is 0 Å². The molecule has 0 nitrogen and oxygen atoms in total. The second kappa shape index (κ2) is 2.93. The van der Waals surface area contributed by atoms with E-state index in [1.165, 1.54) is 36.8 Å². The van der Waals surface area contributed by atoms with Crippen molar-refractivity contribution < 1.29 is 1.43 Å². The van der Waals surface area contributed by atoms with Crippen LogP contribution >= 0.6 is 0 Å². The molecule has 0 aromatic heterocycles. The summed E-state index contributed by atoms with van der Waals surface area (Å²) in [6.07, 6.45) is 5.39. The number of aryl methyl sites for hydroxylation is 2. The molecule has 1 aromatic rings. The molecule has 0 saturated heterocycles. The van der Waals surface area contributed by atoms with Gasteiger partial charge in [-0.05, 0) is 61.8 Å². The van der Waals surface area contributed by atoms with Crippen molar-refractivity contribution in [3.8, 4) is 0 Å². The van der Waals surface area contributed by atoms with Crippen LogP contribution in [-0.4, -0.2) is 0 Å². The lowest BCUT2D eigenvalue weighted by molar-refractivity contribution is 0.678. The Kier molecular flexibility index (Phi) is 1.92. The maximum absolute atomic E-state index is 2.26. The van der Waals surface area contributed by atoms with Gasteiger partial charge in [-0.15, -0.1) is 0 Å². The predicted octanol–water partition coefficient (Wildman–Crippen LogP) is 3.43. The molecule has 1 aliphatic rings. The summed E-state index contributed by atoms with van der Waals surface area (Å²) in [5.41, 5.74) is 6.27. The minimum atomic E-state index is 0. The highest BCUT2D eigenvalue weighted by molar-refractivity contribution is 5.41. The second-order valence-corrected chi connectivity index (χ2v) is 3.86. The largest absolute Gasteiger partial charge is 0.0588 e. The van der Waals surface area contributed by atoms with Gasteiger partial charge in [-0.2, -0.15) is 0 Å². The lowest BCUT2D eigenvalue weighted by atomic mass is 9.86. The molecular formula is C12H18. The number of hydrogen-bond acceptors (Lipinski definition) is 0. The van der Waals surface area contributed by atoms with Gasteiger partial charge in [-0.1, -0.05) is 12.1 Å². The fourth-order valence-electron chi connectivity index (χ4n) is 2.23. The fourth-order valence-corrected chi connectivity index (χ4v) is 2.23. The summed E-state index contributed by atoms with van der Waals surface area (Å²) >= 11 is 0. The van der Waals surface area contributed by atoms with Gasteiger partial charge in [0.2, 0.25) is 0 Å². The molecule has 0 amide bonds. The number of benzene rings is 1. The van der Waals surface area contributed by atoms with Crippen molar-refractivity contribution in [1.29, 1.82) is 0 Å². The van der Waals surface area contributed by atoms with Gasteiger partial charge in [-0.3, -0.25) is 0 Å². The first kappa shape index (κ1) is 7.85. The van der Waals surface area contributed by atoms with E-state index >= 15 is 0 Å². The molecule has 1 aromatic carbocycles. The van der Waals surface area contributed by atoms with Gasteiger partial charge < -0.3 is 0 Å². The van der Waals surface area contributed by atoms with Crippen LogP contribution in [0.3, 0.4) is 0 Å². The van der Waals surface area contributed by atoms with Crippen LogP contribution in [0.25, 0.3) is 0 Å². The molecule has 0 bridgehead atoms.